The summed E-state index contributed by atoms with van der Waals surface area (Å²) in [4.78, 5) is 11.6. The van der Waals surface area contributed by atoms with Crippen molar-refractivity contribution in [1.82, 2.24) is 5.32 Å². The number of benzene rings is 1. The number of aliphatic hydroxyl groups excluding tert-OH is 1. The Morgan fingerprint density at radius 1 is 1.44 bits per heavy atom. The third-order valence-electron chi connectivity index (χ3n) is 2.32. The monoisotopic (exact) mass is 219 g/mol. The van der Waals surface area contributed by atoms with Crippen molar-refractivity contribution in [2.45, 2.75) is 0 Å². The van der Waals surface area contributed by atoms with Crippen molar-refractivity contribution in [1.29, 1.82) is 0 Å². The van der Waals surface area contributed by atoms with Gasteiger partial charge in [-0.1, -0.05) is 18.2 Å². The molecule has 84 valence electrons. The zero-order valence-corrected chi connectivity index (χ0v) is 8.77. The zero-order valence-electron chi connectivity index (χ0n) is 8.77. The van der Waals surface area contributed by atoms with Crippen LogP contribution in [0.1, 0.15) is 5.56 Å². The van der Waals surface area contributed by atoms with Gasteiger partial charge in [0.2, 0.25) is 0 Å². The van der Waals surface area contributed by atoms with Crippen LogP contribution in [0.25, 0.3) is 6.08 Å². The lowest BCUT2D eigenvalue weighted by molar-refractivity contribution is -0.117. The second-order valence-electron chi connectivity index (χ2n) is 3.48. The van der Waals surface area contributed by atoms with Gasteiger partial charge in [-0.3, -0.25) is 4.79 Å². The van der Waals surface area contributed by atoms with Crippen LogP contribution in [0, 0.1) is 0 Å². The minimum absolute atomic E-state index is 0.0591. The van der Waals surface area contributed by atoms with Gasteiger partial charge in [0.05, 0.1) is 12.2 Å². The van der Waals surface area contributed by atoms with Gasteiger partial charge < -0.3 is 15.2 Å². The first-order chi connectivity index (χ1) is 7.81. The van der Waals surface area contributed by atoms with Crippen LogP contribution in [-0.2, 0) is 4.79 Å². The molecule has 0 atom stereocenters. The summed E-state index contributed by atoms with van der Waals surface area (Å²) in [6.45, 7) is 0.475. The molecule has 1 aromatic rings. The molecule has 0 aromatic heterocycles. The quantitative estimate of drug-likeness (QED) is 0.781. The van der Waals surface area contributed by atoms with E-state index in [1.165, 1.54) is 0 Å². The Bertz CT molecular complexity index is 426. The van der Waals surface area contributed by atoms with Crippen molar-refractivity contribution in [2.24, 2.45) is 0 Å². The Kier molecular flexibility index (Phi) is 3.22. The minimum Gasteiger partial charge on any atom is -0.488 e. The van der Waals surface area contributed by atoms with E-state index in [0.29, 0.717) is 5.57 Å². The molecule has 4 heteroatoms. The van der Waals surface area contributed by atoms with E-state index >= 15 is 0 Å². The van der Waals surface area contributed by atoms with E-state index in [2.05, 4.69) is 5.32 Å². The smallest absolute Gasteiger partial charge is 0.250 e. The maximum atomic E-state index is 11.6. The molecule has 1 aromatic carbocycles. The van der Waals surface area contributed by atoms with Crippen LogP contribution in [0.15, 0.2) is 29.8 Å². The molecule has 0 saturated heterocycles. The number of aliphatic hydroxyl groups is 1. The molecular formula is C12H13NO3. The number of carbonyl (C=O) groups excluding carboxylic acids is 1. The number of carbonyl (C=O) groups is 1. The average Bonchev–Trinajstić information content (AvgIpc) is 2.35. The summed E-state index contributed by atoms with van der Waals surface area (Å²) in [6, 6.07) is 7.55. The topological polar surface area (TPSA) is 58.6 Å². The molecule has 1 amide bonds. The molecule has 0 fully saturated rings. The van der Waals surface area contributed by atoms with Gasteiger partial charge in [-0.2, -0.15) is 0 Å². The molecule has 0 bridgehead atoms. The van der Waals surface area contributed by atoms with E-state index in [0.717, 1.165) is 11.3 Å². The SMILES string of the molecule is O=C(NCCO)C1=Cc2ccccc2OC1. The lowest BCUT2D eigenvalue weighted by atomic mass is 10.1. The van der Waals surface area contributed by atoms with Gasteiger partial charge in [-0.15, -0.1) is 0 Å². The third-order valence-corrected chi connectivity index (χ3v) is 2.32. The highest BCUT2D eigenvalue weighted by Crippen LogP contribution is 2.25. The summed E-state index contributed by atoms with van der Waals surface area (Å²) >= 11 is 0. The van der Waals surface area contributed by atoms with Gasteiger partial charge in [0, 0.05) is 12.1 Å². The highest BCUT2D eigenvalue weighted by molar-refractivity contribution is 5.99. The number of nitrogens with one attached hydrogen (secondary N) is 1. The molecule has 1 heterocycles. The largest absolute Gasteiger partial charge is 0.488 e. The van der Waals surface area contributed by atoms with Gasteiger partial charge in [-0.25, -0.2) is 0 Å². The third kappa shape index (κ3) is 2.23. The van der Waals surface area contributed by atoms with E-state index < -0.39 is 0 Å². The van der Waals surface area contributed by atoms with Crippen LogP contribution in [-0.4, -0.2) is 30.8 Å². The summed E-state index contributed by atoms with van der Waals surface area (Å²) in [5, 5.41) is 11.2. The van der Waals surface area contributed by atoms with Crippen molar-refractivity contribution in [3.63, 3.8) is 0 Å². The van der Waals surface area contributed by atoms with Crippen molar-refractivity contribution >= 4 is 12.0 Å². The van der Waals surface area contributed by atoms with E-state index in [1.807, 2.05) is 30.3 Å². The van der Waals surface area contributed by atoms with Crippen molar-refractivity contribution in [3.8, 4) is 5.75 Å². The maximum absolute atomic E-state index is 11.6. The first-order valence-corrected chi connectivity index (χ1v) is 5.12. The van der Waals surface area contributed by atoms with Crippen LogP contribution in [0.4, 0.5) is 0 Å². The summed E-state index contributed by atoms with van der Waals surface area (Å²) in [5.74, 6) is 0.602. The van der Waals surface area contributed by atoms with Crippen molar-refractivity contribution in [2.75, 3.05) is 19.8 Å². The van der Waals surface area contributed by atoms with Gasteiger partial charge in [0.1, 0.15) is 12.4 Å². The van der Waals surface area contributed by atoms with E-state index in [4.69, 9.17) is 9.84 Å². The summed E-state index contributed by atoms with van der Waals surface area (Å²) in [6.07, 6.45) is 1.81. The fourth-order valence-electron chi connectivity index (χ4n) is 1.53. The van der Waals surface area contributed by atoms with Crippen LogP contribution in [0.5, 0.6) is 5.75 Å². The fourth-order valence-corrected chi connectivity index (χ4v) is 1.53. The number of fused-ring (bicyclic) bond motifs is 1. The number of rotatable bonds is 3. The van der Waals surface area contributed by atoms with Crippen LogP contribution in [0.3, 0.4) is 0 Å². The number of hydrogen-bond donors (Lipinski definition) is 2. The second-order valence-corrected chi connectivity index (χ2v) is 3.48. The number of para-hydroxylation sites is 1. The van der Waals surface area contributed by atoms with Crippen LogP contribution in [0.2, 0.25) is 0 Å². The van der Waals surface area contributed by atoms with E-state index in [1.54, 1.807) is 0 Å². The van der Waals surface area contributed by atoms with Crippen LogP contribution >= 0.6 is 0 Å². The lowest BCUT2D eigenvalue weighted by Crippen LogP contribution is -2.30. The number of ether oxygens (including phenoxy) is 1. The normalized spacial score (nSPS) is 13.4. The maximum Gasteiger partial charge on any atom is 0.250 e. The Hall–Kier alpha value is -1.81. The standard InChI is InChI=1S/C12H13NO3/c14-6-5-13-12(15)10-7-9-3-1-2-4-11(9)16-8-10/h1-4,7,14H,5-6,8H2,(H,13,15). The summed E-state index contributed by atoms with van der Waals surface area (Å²) in [5.41, 5.74) is 1.48. The van der Waals surface area contributed by atoms with Crippen LogP contribution < -0.4 is 10.1 Å². The highest BCUT2D eigenvalue weighted by atomic mass is 16.5. The van der Waals surface area contributed by atoms with E-state index in [-0.39, 0.29) is 25.7 Å². The van der Waals surface area contributed by atoms with Crippen molar-refractivity contribution in [3.05, 3.63) is 35.4 Å². The molecule has 0 spiro atoms. The lowest BCUT2D eigenvalue weighted by Gasteiger charge is -2.17. The predicted octanol–water partition coefficient (Wildman–Crippen LogP) is 0.571. The second kappa shape index (κ2) is 4.81. The predicted molar refractivity (Wildman–Crippen MR) is 60.0 cm³/mol. The number of amides is 1. The first-order valence-electron chi connectivity index (χ1n) is 5.12. The molecule has 0 unspecified atom stereocenters. The fraction of sp³-hybridized carbons (Fsp3) is 0.250. The average molecular weight is 219 g/mol. The van der Waals surface area contributed by atoms with Gasteiger partial charge in [0.25, 0.3) is 5.91 Å². The Labute approximate surface area is 93.5 Å². The first kappa shape index (κ1) is 10.7. The van der Waals surface area contributed by atoms with E-state index in [9.17, 15) is 4.79 Å². The molecule has 2 rings (SSSR count). The molecule has 0 radical (unpaired) electrons. The Morgan fingerprint density at radius 3 is 3.06 bits per heavy atom. The molecule has 2 N–H and O–H groups in total. The van der Waals surface area contributed by atoms with Crippen molar-refractivity contribution < 1.29 is 14.6 Å². The van der Waals surface area contributed by atoms with Gasteiger partial charge >= 0.3 is 0 Å². The molecule has 0 aliphatic carbocycles. The molecule has 1 aliphatic heterocycles. The molecule has 0 saturated carbocycles. The molecule has 4 nitrogen and oxygen atoms in total. The van der Waals surface area contributed by atoms with Gasteiger partial charge in [-0.05, 0) is 12.1 Å². The summed E-state index contributed by atoms with van der Waals surface area (Å²) < 4.78 is 5.45. The zero-order chi connectivity index (χ0) is 11.4. The summed E-state index contributed by atoms with van der Waals surface area (Å²) in [7, 11) is 0. The van der Waals surface area contributed by atoms with Gasteiger partial charge in [0.15, 0.2) is 0 Å². The minimum atomic E-state index is -0.191. The Morgan fingerprint density at radius 2 is 2.25 bits per heavy atom. The Balaban J connectivity index is 2.14. The number of hydrogen-bond acceptors (Lipinski definition) is 3. The molecule has 16 heavy (non-hydrogen) atoms. The molecular weight excluding hydrogens is 206 g/mol. The molecule has 1 aliphatic rings. The highest BCUT2D eigenvalue weighted by Gasteiger charge is 2.15.